The monoisotopic (exact) mass is 446 g/mol. The largest absolute Gasteiger partial charge is 0.369 e. The van der Waals surface area contributed by atoms with Crippen LogP contribution in [0.4, 0.5) is 16.2 Å². The van der Waals surface area contributed by atoms with Gasteiger partial charge < -0.3 is 20.0 Å². The first kappa shape index (κ1) is 21.8. The number of benzene rings is 2. The van der Waals surface area contributed by atoms with Crippen molar-refractivity contribution in [3.63, 3.8) is 0 Å². The second-order valence-electron chi connectivity index (χ2n) is 10.1. The Balaban J connectivity index is 1.13. The van der Waals surface area contributed by atoms with Crippen LogP contribution >= 0.6 is 0 Å². The van der Waals surface area contributed by atoms with Gasteiger partial charge in [0.1, 0.15) is 0 Å². The first-order valence-electron chi connectivity index (χ1n) is 12.1. The second-order valence-corrected chi connectivity index (χ2v) is 10.1. The SMILES string of the molecule is CC(=O)N(C)C1CCN(c2ccc(NC(=O)N3CCC4(CC3)Cc3ccccc3C4)cc2)C1. The molecule has 174 valence electrons. The Hall–Kier alpha value is -3.02. The number of carbonyl (C=O) groups excluding carboxylic acids is 2. The number of carbonyl (C=O) groups is 2. The molecule has 2 aliphatic heterocycles. The summed E-state index contributed by atoms with van der Waals surface area (Å²) in [5.41, 5.74) is 5.29. The van der Waals surface area contributed by atoms with Crippen LogP contribution < -0.4 is 10.2 Å². The zero-order valence-electron chi connectivity index (χ0n) is 19.7. The third-order valence-electron chi connectivity index (χ3n) is 8.05. The molecule has 0 radical (unpaired) electrons. The predicted molar refractivity (Wildman–Crippen MR) is 132 cm³/mol. The van der Waals surface area contributed by atoms with Crippen molar-refractivity contribution in [2.75, 3.05) is 43.4 Å². The van der Waals surface area contributed by atoms with Gasteiger partial charge in [0.2, 0.25) is 5.91 Å². The Morgan fingerprint density at radius 1 is 0.970 bits per heavy atom. The van der Waals surface area contributed by atoms with Crippen LogP contribution in [-0.2, 0) is 17.6 Å². The summed E-state index contributed by atoms with van der Waals surface area (Å²) in [4.78, 5) is 30.6. The van der Waals surface area contributed by atoms with E-state index in [9.17, 15) is 9.59 Å². The van der Waals surface area contributed by atoms with Gasteiger partial charge in [-0.15, -0.1) is 0 Å². The van der Waals surface area contributed by atoms with Gasteiger partial charge >= 0.3 is 6.03 Å². The Morgan fingerprint density at radius 3 is 2.21 bits per heavy atom. The first-order valence-corrected chi connectivity index (χ1v) is 12.1. The lowest BCUT2D eigenvalue weighted by molar-refractivity contribution is -0.129. The molecule has 6 heteroatoms. The Kier molecular flexibility index (Phi) is 5.77. The van der Waals surface area contributed by atoms with Crippen molar-refractivity contribution >= 4 is 23.3 Å². The minimum Gasteiger partial charge on any atom is -0.369 e. The number of hydrogen-bond acceptors (Lipinski definition) is 3. The van der Waals surface area contributed by atoms with Crippen LogP contribution in [0.5, 0.6) is 0 Å². The molecule has 5 rings (SSSR count). The van der Waals surface area contributed by atoms with Crippen LogP contribution in [0.15, 0.2) is 48.5 Å². The summed E-state index contributed by atoms with van der Waals surface area (Å²) in [6.45, 7) is 5.04. The van der Waals surface area contributed by atoms with E-state index in [-0.39, 0.29) is 18.0 Å². The number of anilines is 2. The number of urea groups is 1. The van der Waals surface area contributed by atoms with Gasteiger partial charge in [0.05, 0.1) is 6.04 Å². The van der Waals surface area contributed by atoms with Gasteiger partial charge in [0.25, 0.3) is 0 Å². The average Bonchev–Trinajstić information content (AvgIpc) is 3.44. The topological polar surface area (TPSA) is 55.9 Å². The van der Waals surface area contributed by atoms with E-state index in [1.54, 1.807) is 6.92 Å². The van der Waals surface area contributed by atoms with E-state index in [0.717, 1.165) is 69.7 Å². The normalized spacial score (nSPS) is 21.2. The van der Waals surface area contributed by atoms with Gasteiger partial charge in [0, 0.05) is 51.5 Å². The number of piperidine rings is 1. The lowest BCUT2D eigenvalue weighted by atomic mass is 9.76. The maximum atomic E-state index is 12.9. The van der Waals surface area contributed by atoms with Crippen LogP contribution in [0.3, 0.4) is 0 Å². The number of fused-ring (bicyclic) bond motifs is 1. The zero-order chi connectivity index (χ0) is 23.0. The van der Waals surface area contributed by atoms with Crippen molar-refractivity contribution in [2.45, 2.75) is 45.1 Å². The van der Waals surface area contributed by atoms with E-state index in [1.807, 2.05) is 29.0 Å². The van der Waals surface area contributed by atoms with Crippen molar-refractivity contribution in [1.29, 1.82) is 0 Å². The molecule has 1 N–H and O–H groups in total. The molecule has 33 heavy (non-hydrogen) atoms. The number of nitrogens with zero attached hydrogens (tertiary/aromatic N) is 3. The lowest BCUT2D eigenvalue weighted by Gasteiger charge is -2.39. The lowest BCUT2D eigenvalue weighted by Crippen LogP contribution is -2.45. The fraction of sp³-hybridized carbons (Fsp3) is 0.481. The minimum absolute atomic E-state index is 0.00238. The maximum Gasteiger partial charge on any atom is 0.321 e. The molecular weight excluding hydrogens is 412 g/mol. The molecule has 6 nitrogen and oxygen atoms in total. The minimum atomic E-state index is -0.00238. The molecule has 3 amide bonds. The van der Waals surface area contributed by atoms with E-state index < -0.39 is 0 Å². The molecule has 1 aliphatic carbocycles. The van der Waals surface area contributed by atoms with E-state index in [2.05, 4.69) is 46.6 Å². The molecule has 1 spiro atoms. The molecule has 2 aromatic carbocycles. The number of hydrogen-bond donors (Lipinski definition) is 1. The highest BCUT2D eigenvalue weighted by Crippen LogP contribution is 2.44. The summed E-state index contributed by atoms with van der Waals surface area (Å²) in [5, 5.41) is 3.08. The number of amides is 3. The van der Waals surface area contributed by atoms with Crippen molar-refractivity contribution in [2.24, 2.45) is 5.41 Å². The van der Waals surface area contributed by atoms with Crippen LogP contribution in [0.25, 0.3) is 0 Å². The van der Waals surface area contributed by atoms with Crippen molar-refractivity contribution in [1.82, 2.24) is 9.80 Å². The first-order chi connectivity index (χ1) is 15.9. The molecular formula is C27H34N4O2. The Morgan fingerprint density at radius 2 is 1.61 bits per heavy atom. The molecule has 2 aromatic rings. The van der Waals surface area contributed by atoms with Gasteiger partial charge in [-0.2, -0.15) is 0 Å². The highest BCUT2D eigenvalue weighted by atomic mass is 16.2. The average molecular weight is 447 g/mol. The van der Waals surface area contributed by atoms with Crippen LogP contribution in [0, 0.1) is 5.41 Å². The highest BCUT2D eigenvalue weighted by molar-refractivity contribution is 5.89. The zero-order valence-corrected chi connectivity index (χ0v) is 19.7. The molecule has 3 aliphatic rings. The summed E-state index contributed by atoms with van der Waals surface area (Å²) in [5.74, 6) is 0.112. The third-order valence-corrected chi connectivity index (χ3v) is 8.05. The standard InChI is InChI=1S/C27H34N4O2/c1-20(32)29(2)25-11-14-31(19-25)24-9-7-23(8-10-24)28-26(33)30-15-12-27(13-16-30)17-21-5-3-4-6-22(21)18-27/h3-10,25H,11-19H2,1-2H3,(H,28,33). The van der Waals surface area contributed by atoms with Crippen molar-refractivity contribution in [3.05, 3.63) is 59.7 Å². The van der Waals surface area contributed by atoms with E-state index in [1.165, 1.54) is 11.1 Å². The summed E-state index contributed by atoms with van der Waals surface area (Å²) in [7, 11) is 1.88. The van der Waals surface area contributed by atoms with E-state index in [4.69, 9.17) is 0 Å². The third kappa shape index (κ3) is 4.43. The molecule has 0 aromatic heterocycles. The fourth-order valence-corrected chi connectivity index (χ4v) is 5.82. The molecule has 2 saturated heterocycles. The van der Waals surface area contributed by atoms with Crippen LogP contribution in [-0.4, -0.2) is 61.0 Å². The van der Waals surface area contributed by atoms with E-state index >= 15 is 0 Å². The molecule has 2 heterocycles. The molecule has 1 unspecified atom stereocenters. The number of likely N-dealkylation sites (N-methyl/N-ethyl adjacent to an activating group) is 1. The second kappa shape index (κ2) is 8.73. The molecule has 0 bridgehead atoms. The van der Waals surface area contributed by atoms with Gasteiger partial charge in [0.15, 0.2) is 0 Å². The fourth-order valence-electron chi connectivity index (χ4n) is 5.82. The van der Waals surface area contributed by atoms with E-state index in [0.29, 0.717) is 5.41 Å². The quantitative estimate of drug-likeness (QED) is 0.770. The smallest absolute Gasteiger partial charge is 0.321 e. The molecule has 0 saturated carbocycles. The Labute approximate surface area is 196 Å². The van der Waals surface area contributed by atoms with Crippen LogP contribution in [0.2, 0.25) is 0 Å². The summed E-state index contributed by atoms with van der Waals surface area (Å²) in [6.07, 6.45) is 5.42. The predicted octanol–water partition coefficient (Wildman–Crippen LogP) is 4.16. The van der Waals surface area contributed by atoms with Crippen molar-refractivity contribution in [3.8, 4) is 0 Å². The number of nitrogens with one attached hydrogen (secondary N) is 1. The van der Waals surface area contributed by atoms with Gasteiger partial charge in [-0.1, -0.05) is 24.3 Å². The summed E-state index contributed by atoms with van der Waals surface area (Å²) >= 11 is 0. The molecule has 2 fully saturated rings. The summed E-state index contributed by atoms with van der Waals surface area (Å²) in [6, 6.07) is 17.1. The summed E-state index contributed by atoms with van der Waals surface area (Å²) < 4.78 is 0. The Bertz CT molecular complexity index is 1000. The van der Waals surface area contributed by atoms with Gasteiger partial charge in [-0.3, -0.25) is 4.79 Å². The number of rotatable bonds is 3. The maximum absolute atomic E-state index is 12.9. The highest BCUT2D eigenvalue weighted by Gasteiger charge is 2.40. The van der Waals surface area contributed by atoms with Gasteiger partial charge in [-0.05, 0) is 72.9 Å². The van der Waals surface area contributed by atoms with Gasteiger partial charge in [-0.25, -0.2) is 4.79 Å². The van der Waals surface area contributed by atoms with Crippen LogP contribution in [0.1, 0.15) is 37.3 Å². The number of likely N-dealkylation sites (tertiary alicyclic amines) is 1. The van der Waals surface area contributed by atoms with Crippen molar-refractivity contribution < 1.29 is 9.59 Å². The molecule has 1 atom stereocenters.